The molecular formula is C19H30N2O3. The first-order valence-corrected chi connectivity index (χ1v) is 8.75. The number of hydrogen-bond donors (Lipinski definition) is 0. The third-order valence-electron chi connectivity index (χ3n) is 4.40. The Balaban J connectivity index is 1.87. The number of amides is 1. The lowest BCUT2D eigenvalue weighted by atomic mass is 10.1. The largest absolute Gasteiger partial charge is 0.497 e. The van der Waals surface area contributed by atoms with Gasteiger partial charge in [-0.05, 0) is 51.1 Å². The van der Waals surface area contributed by atoms with Crippen molar-refractivity contribution < 1.29 is 14.3 Å². The first kappa shape index (κ1) is 18.7. The highest BCUT2D eigenvalue weighted by molar-refractivity contribution is 5.76. The van der Waals surface area contributed by atoms with Crippen molar-refractivity contribution in [1.82, 2.24) is 9.80 Å². The van der Waals surface area contributed by atoms with Crippen LogP contribution < -0.4 is 4.74 Å². The molecule has 1 heterocycles. The molecule has 1 atom stereocenters. The van der Waals surface area contributed by atoms with Crippen LogP contribution in [0.15, 0.2) is 24.3 Å². The number of likely N-dealkylation sites (N-methyl/N-ethyl adjacent to an activating group) is 1. The lowest BCUT2D eigenvalue weighted by molar-refractivity contribution is -0.132. The van der Waals surface area contributed by atoms with Gasteiger partial charge in [-0.3, -0.25) is 4.79 Å². The minimum absolute atomic E-state index is 0.206. The molecule has 24 heavy (non-hydrogen) atoms. The molecule has 0 aromatic heterocycles. The average Bonchev–Trinajstić information content (AvgIpc) is 3.09. The van der Waals surface area contributed by atoms with Crippen LogP contribution in [-0.4, -0.2) is 69.3 Å². The summed E-state index contributed by atoms with van der Waals surface area (Å²) in [6.07, 6.45) is 3.66. The molecule has 1 aliphatic heterocycles. The molecule has 1 aromatic carbocycles. The van der Waals surface area contributed by atoms with Crippen LogP contribution in [0.4, 0.5) is 0 Å². The maximum absolute atomic E-state index is 12.7. The molecule has 0 aliphatic carbocycles. The smallest absolute Gasteiger partial charge is 0.223 e. The van der Waals surface area contributed by atoms with Crippen LogP contribution in [-0.2, 0) is 16.0 Å². The van der Waals surface area contributed by atoms with Crippen LogP contribution in [0.25, 0.3) is 0 Å². The molecule has 0 bridgehead atoms. The van der Waals surface area contributed by atoms with Gasteiger partial charge in [-0.25, -0.2) is 0 Å². The van der Waals surface area contributed by atoms with Gasteiger partial charge in [-0.2, -0.15) is 0 Å². The number of ether oxygens (including phenoxy) is 2. The Kier molecular flexibility index (Phi) is 7.53. The van der Waals surface area contributed by atoms with Crippen LogP contribution >= 0.6 is 0 Å². The van der Waals surface area contributed by atoms with Crippen molar-refractivity contribution in [2.75, 3.05) is 47.4 Å². The van der Waals surface area contributed by atoms with Gasteiger partial charge in [0, 0.05) is 32.7 Å². The average molecular weight is 334 g/mol. The lowest BCUT2D eigenvalue weighted by Gasteiger charge is -2.27. The van der Waals surface area contributed by atoms with E-state index in [4.69, 9.17) is 9.47 Å². The van der Waals surface area contributed by atoms with Gasteiger partial charge in [-0.1, -0.05) is 12.1 Å². The third-order valence-corrected chi connectivity index (χ3v) is 4.40. The summed E-state index contributed by atoms with van der Waals surface area (Å²) in [6.45, 7) is 3.18. The van der Waals surface area contributed by atoms with Crippen molar-refractivity contribution in [1.29, 1.82) is 0 Å². The molecule has 1 aliphatic rings. The van der Waals surface area contributed by atoms with E-state index in [-0.39, 0.29) is 12.0 Å². The van der Waals surface area contributed by atoms with Gasteiger partial charge < -0.3 is 19.3 Å². The number of aryl methyl sites for hydroxylation is 1. The molecule has 5 nitrogen and oxygen atoms in total. The summed E-state index contributed by atoms with van der Waals surface area (Å²) < 4.78 is 10.9. The fourth-order valence-corrected chi connectivity index (χ4v) is 2.87. The fraction of sp³-hybridized carbons (Fsp3) is 0.632. The van der Waals surface area contributed by atoms with Crippen LogP contribution in [0.1, 0.15) is 24.8 Å². The van der Waals surface area contributed by atoms with Gasteiger partial charge in [0.15, 0.2) is 0 Å². The van der Waals surface area contributed by atoms with Gasteiger partial charge >= 0.3 is 0 Å². The molecule has 0 spiro atoms. The number of carbonyl (C=O) groups excluding carboxylic acids is 1. The number of methoxy groups -OCH3 is 1. The minimum atomic E-state index is 0.206. The summed E-state index contributed by atoms with van der Waals surface area (Å²) in [4.78, 5) is 16.7. The molecule has 1 fully saturated rings. The number of carbonyl (C=O) groups is 1. The molecule has 2 rings (SSSR count). The van der Waals surface area contributed by atoms with E-state index >= 15 is 0 Å². The highest BCUT2D eigenvalue weighted by Crippen LogP contribution is 2.16. The molecule has 0 N–H and O–H groups in total. The van der Waals surface area contributed by atoms with E-state index in [1.807, 2.05) is 43.3 Å². The van der Waals surface area contributed by atoms with Crippen molar-refractivity contribution in [3.05, 3.63) is 29.8 Å². The summed E-state index contributed by atoms with van der Waals surface area (Å²) in [5.41, 5.74) is 1.16. The standard InChI is InChI=1S/C19H30N2O3/c1-20(2)12-13-21(15-18-5-4-14-24-18)19(22)11-8-16-6-9-17(23-3)10-7-16/h6-7,9-10,18H,4-5,8,11-15H2,1-3H3. The van der Waals surface area contributed by atoms with Crippen molar-refractivity contribution >= 4 is 5.91 Å². The Morgan fingerprint density at radius 3 is 2.58 bits per heavy atom. The van der Waals surface area contributed by atoms with E-state index in [9.17, 15) is 4.79 Å². The van der Waals surface area contributed by atoms with E-state index in [0.29, 0.717) is 6.42 Å². The summed E-state index contributed by atoms with van der Waals surface area (Å²) in [7, 11) is 5.73. The summed E-state index contributed by atoms with van der Waals surface area (Å²) in [5, 5.41) is 0. The van der Waals surface area contributed by atoms with Gasteiger partial charge in [0.05, 0.1) is 13.2 Å². The first-order valence-electron chi connectivity index (χ1n) is 8.75. The molecule has 1 saturated heterocycles. The van der Waals surface area contributed by atoms with E-state index in [1.165, 1.54) is 0 Å². The van der Waals surface area contributed by atoms with Crippen LogP contribution in [0.2, 0.25) is 0 Å². The monoisotopic (exact) mass is 334 g/mol. The Labute approximate surface area is 145 Å². The first-order chi connectivity index (χ1) is 11.6. The topological polar surface area (TPSA) is 42.0 Å². The Morgan fingerprint density at radius 2 is 2.00 bits per heavy atom. The Bertz CT molecular complexity index is 496. The van der Waals surface area contributed by atoms with Crippen molar-refractivity contribution in [3.8, 4) is 5.75 Å². The normalized spacial score (nSPS) is 17.2. The number of hydrogen-bond acceptors (Lipinski definition) is 4. The van der Waals surface area contributed by atoms with Gasteiger partial charge in [0.1, 0.15) is 5.75 Å². The molecule has 0 saturated carbocycles. The lowest BCUT2D eigenvalue weighted by Crippen LogP contribution is -2.41. The van der Waals surface area contributed by atoms with Crippen LogP contribution in [0, 0.1) is 0 Å². The van der Waals surface area contributed by atoms with Gasteiger partial charge in [0.2, 0.25) is 5.91 Å². The van der Waals surface area contributed by atoms with E-state index < -0.39 is 0 Å². The Morgan fingerprint density at radius 1 is 1.25 bits per heavy atom. The fourth-order valence-electron chi connectivity index (χ4n) is 2.87. The molecular weight excluding hydrogens is 304 g/mol. The number of rotatable bonds is 9. The highest BCUT2D eigenvalue weighted by Gasteiger charge is 2.22. The predicted octanol–water partition coefficient (Wildman–Crippen LogP) is 2.20. The maximum atomic E-state index is 12.7. The molecule has 5 heteroatoms. The van der Waals surface area contributed by atoms with E-state index in [0.717, 1.165) is 56.8 Å². The molecule has 0 radical (unpaired) electrons. The zero-order valence-electron chi connectivity index (χ0n) is 15.2. The zero-order valence-corrected chi connectivity index (χ0v) is 15.2. The summed E-state index contributed by atoms with van der Waals surface area (Å²) >= 11 is 0. The maximum Gasteiger partial charge on any atom is 0.223 e. The molecule has 134 valence electrons. The van der Waals surface area contributed by atoms with Crippen LogP contribution in [0.5, 0.6) is 5.75 Å². The Hall–Kier alpha value is -1.59. The summed E-state index contributed by atoms with van der Waals surface area (Å²) in [5.74, 6) is 1.05. The second-order valence-corrected chi connectivity index (χ2v) is 6.63. The van der Waals surface area contributed by atoms with Gasteiger partial charge in [0.25, 0.3) is 0 Å². The van der Waals surface area contributed by atoms with Crippen molar-refractivity contribution in [2.45, 2.75) is 31.8 Å². The van der Waals surface area contributed by atoms with Crippen LogP contribution in [0.3, 0.4) is 0 Å². The molecule has 1 aromatic rings. The second kappa shape index (κ2) is 9.64. The van der Waals surface area contributed by atoms with Crippen molar-refractivity contribution in [2.24, 2.45) is 0 Å². The van der Waals surface area contributed by atoms with Gasteiger partial charge in [-0.15, -0.1) is 0 Å². The second-order valence-electron chi connectivity index (χ2n) is 6.63. The molecule has 1 amide bonds. The van der Waals surface area contributed by atoms with Crippen molar-refractivity contribution in [3.63, 3.8) is 0 Å². The predicted molar refractivity (Wildman–Crippen MR) is 95.4 cm³/mol. The highest BCUT2D eigenvalue weighted by atomic mass is 16.5. The third kappa shape index (κ3) is 6.13. The van der Waals surface area contributed by atoms with E-state index in [2.05, 4.69) is 4.90 Å². The SMILES string of the molecule is COc1ccc(CCC(=O)N(CCN(C)C)CC2CCCO2)cc1. The quantitative estimate of drug-likeness (QED) is 0.694. The minimum Gasteiger partial charge on any atom is -0.497 e. The van der Waals surface area contributed by atoms with E-state index in [1.54, 1.807) is 7.11 Å². The number of nitrogens with zero attached hydrogens (tertiary/aromatic N) is 2. The summed E-state index contributed by atoms with van der Waals surface area (Å²) in [6, 6.07) is 7.93. The molecule has 1 unspecified atom stereocenters. The number of benzene rings is 1. The zero-order chi connectivity index (χ0) is 17.4.